The summed E-state index contributed by atoms with van der Waals surface area (Å²) in [6.07, 6.45) is 2.77. The number of aliphatic hydroxyl groups is 1. The van der Waals surface area contributed by atoms with E-state index in [-0.39, 0.29) is 6.10 Å². The lowest BCUT2D eigenvalue weighted by atomic mass is 9.92. The van der Waals surface area contributed by atoms with E-state index >= 15 is 0 Å². The van der Waals surface area contributed by atoms with Gasteiger partial charge in [-0.2, -0.15) is 4.98 Å². The van der Waals surface area contributed by atoms with E-state index in [1.165, 1.54) is 0 Å². The van der Waals surface area contributed by atoms with Gasteiger partial charge in [0.1, 0.15) is 0 Å². The first-order valence-electron chi connectivity index (χ1n) is 7.26. The summed E-state index contributed by atoms with van der Waals surface area (Å²) in [6.45, 7) is 8.91. The van der Waals surface area contributed by atoms with Gasteiger partial charge < -0.3 is 9.63 Å². The Balaban J connectivity index is 1.80. The van der Waals surface area contributed by atoms with Crippen molar-refractivity contribution in [2.45, 2.75) is 52.7 Å². The van der Waals surface area contributed by atoms with Crippen molar-refractivity contribution in [2.24, 2.45) is 11.8 Å². The molecule has 5 heteroatoms. The minimum Gasteiger partial charge on any atom is -0.393 e. The molecule has 1 N–H and O–H groups in total. The monoisotopic (exact) mass is 267 g/mol. The van der Waals surface area contributed by atoms with Gasteiger partial charge in [-0.05, 0) is 44.7 Å². The zero-order valence-corrected chi connectivity index (χ0v) is 12.2. The van der Waals surface area contributed by atoms with E-state index in [0.717, 1.165) is 44.7 Å². The van der Waals surface area contributed by atoms with Gasteiger partial charge in [0.25, 0.3) is 0 Å². The van der Waals surface area contributed by atoms with Crippen LogP contribution in [-0.4, -0.2) is 39.3 Å². The van der Waals surface area contributed by atoms with E-state index in [9.17, 15) is 5.11 Å². The van der Waals surface area contributed by atoms with Crippen molar-refractivity contribution in [2.75, 3.05) is 13.1 Å². The van der Waals surface area contributed by atoms with Gasteiger partial charge in [-0.25, -0.2) is 0 Å². The molecule has 108 valence electrons. The Hall–Kier alpha value is -0.940. The third-order valence-corrected chi connectivity index (χ3v) is 3.77. The fraction of sp³-hybridized carbons (Fsp3) is 0.857. The summed E-state index contributed by atoms with van der Waals surface area (Å²) in [5, 5.41) is 13.6. The molecule has 1 aromatic heterocycles. The fourth-order valence-electron chi connectivity index (χ4n) is 2.59. The van der Waals surface area contributed by atoms with Crippen LogP contribution in [0.1, 0.15) is 45.3 Å². The average molecular weight is 267 g/mol. The molecule has 1 aliphatic heterocycles. The van der Waals surface area contributed by atoms with Crippen molar-refractivity contribution in [3.05, 3.63) is 11.7 Å². The van der Waals surface area contributed by atoms with E-state index < -0.39 is 0 Å². The van der Waals surface area contributed by atoms with Crippen LogP contribution >= 0.6 is 0 Å². The summed E-state index contributed by atoms with van der Waals surface area (Å²) in [5.74, 6) is 2.51. The molecule has 1 unspecified atom stereocenters. The number of rotatable bonds is 5. The minimum absolute atomic E-state index is 0.191. The Morgan fingerprint density at radius 2 is 2.00 bits per heavy atom. The van der Waals surface area contributed by atoms with Gasteiger partial charge in [-0.3, -0.25) is 4.90 Å². The van der Waals surface area contributed by atoms with E-state index in [1.807, 2.05) is 6.92 Å². The molecule has 0 aromatic carbocycles. The molecule has 19 heavy (non-hydrogen) atoms. The highest BCUT2D eigenvalue weighted by atomic mass is 16.5. The van der Waals surface area contributed by atoms with Gasteiger partial charge in [-0.15, -0.1) is 0 Å². The van der Waals surface area contributed by atoms with Gasteiger partial charge in [0.2, 0.25) is 5.89 Å². The van der Waals surface area contributed by atoms with Crippen LogP contribution in [0.3, 0.4) is 0 Å². The smallest absolute Gasteiger partial charge is 0.240 e. The molecule has 0 radical (unpaired) electrons. The number of aliphatic hydroxyl groups excluding tert-OH is 1. The molecule has 5 nitrogen and oxygen atoms in total. The number of aromatic nitrogens is 2. The van der Waals surface area contributed by atoms with E-state index in [4.69, 9.17) is 4.52 Å². The minimum atomic E-state index is -0.191. The van der Waals surface area contributed by atoms with Crippen LogP contribution in [0.4, 0.5) is 0 Å². The Morgan fingerprint density at radius 3 is 2.58 bits per heavy atom. The molecule has 2 heterocycles. The molecule has 0 aliphatic carbocycles. The van der Waals surface area contributed by atoms with Crippen LogP contribution < -0.4 is 0 Å². The summed E-state index contributed by atoms with van der Waals surface area (Å²) < 4.78 is 5.29. The Morgan fingerprint density at radius 1 is 1.32 bits per heavy atom. The zero-order valence-electron chi connectivity index (χ0n) is 12.2. The Kier molecular flexibility index (Phi) is 4.93. The van der Waals surface area contributed by atoms with Crippen molar-refractivity contribution in [1.29, 1.82) is 0 Å². The van der Waals surface area contributed by atoms with Crippen molar-refractivity contribution in [1.82, 2.24) is 15.0 Å². The molecular weight excluding hydrogens is 242 g/mol. The second kappa shape index (κ2) is 6.48. The van der Waals surface area contributed by atoms with E-state index in [1.54, 1.807) is 0 Å². The van der Waals surface area contributed by atoms with Gasteiger partial charge in [0, 0.05) is 6.42 Å². The van der Waals surface area contributed by atoms with Crippen LogP contribution in [-0.2, 0) is 13.0 Å². The fourth-order valence-corrected chi connectivity index (χ4v) is 2.59. The van der Waals surface area contributed by atoms with Crippen molar-refractivity contribution < 1.29 is 9.63 Å². The molecule has 1 aliphatic rings. The SMILES string of the molecule is CC(C)Cc1noc(CN2CCC(C(C)O)CC2)n1. The zero-order chi connectivity index (χ0) is 13.8. The number of piperidine rings is 1. The first-order chi connectivity index (χ1) is 9.04. The Labute approximate surface area is 115 Å². The standard InChI is InChI=1S/C14H25N3O2/c1-10(2)8-13-15-14(19-16-13)9-17-6-4-12(5-7-17)11(3)18/h10-12,18H,4-9H2,1-3H3. The average Bonchev–Trinajstić information content (AvgIpc) is 2.76. The molecule has 2 rings (SSSR count). The van der Waals surface area contributed by atoms with Gasteiger partial charge in [-0.1, -0.05) is 19.0 Å². The van der Waals surface area contributed by atoms with Crippen LogP contribution in [0.25, 0.3) is 0 Å². The molecule has 0 spiro atoms. The lowest BCUT2D eigenvalue weighted by Gasteiger charge is -2.32. The number of hydrogen-bond acceptors (Lipinski definition) is 5. The highest BCUT2D eigenvalue weighted by Crippen LogP contribution is 2.21. The molecule has 1 fully saturated rings. The third-order valence-electron chi connectivity index (χ3n) is 3.77. The molecular formula is C14H25N3O2. The highest BCUT2D eigenvalue weighted by molar-refractivity contribution is 4.88. The topological polar surface area (TPSA) is 62.4 Å². The number of nitrogens with zero attached hydrogens (tertiary/aromatic N) is 3. The first-order valence-corrected chi connectivity index (χ1v) is 7.26. The second-order valence-electron chi connectivity index (χ2n) is 6.06. The van der Waals surface area contributed by atoms with Crippen molar-refractivity contribution >= 4 is 0 Å². The number of likely N-dealkylation sites (tertiary alicyclic amines) is 1. The maximum absolute atomic E-state index is 9.58. The summed E-state index contributed by atoms with van der Waals surface area (Å²) in [7, 11) is 0. The molecule has 1 aromatic rings. The van der Waals surface area contributed by atoms with E-state index in [0.29, 0.717) is 17.7 Å². The maximum atomic E-state index is 9.58. The lowest BCUT2D eigenvalue weighted by Crippen LogP contribution is -2.36. The predicted molar refractivity (Wildman–Crippen MR) is 72.5 cm³/mol. The molecule has 0 bridgehead atoms. The third kappa shape index (κ3) is 4.28. The predicted octanol–water partition coefficient (Wildman–Crippen LogP) is 1.86. The van der Waals surface area contributed by atoms with Crippen molar-refractivity contribution in [3.63, 3.8) is 0 Å². The largest absolute Gasteiger partial charge is 0.393 e. The maximum Gasteiger partial charge on any atom is 0.240 e. The van der Waals surface area contributed by atoms with Gasteiger partial charge in [0.15, 0.2) is 5.82 Å². The van der Waals surface area contributed by atoms with Crippen LogP contribution in [0, 0.1) is 11.8 Å². The first kappa shape index (κ1) is 14.5. The van der Waals surface area contributed by atoms with Crippen LogP contribution in [0.15, 0.2) is 4.52 Å². The van der Waals surface area contributed by atoms with Crippen LogP contribution in [0.2, 0.25) is 0 Å². The second-order valence-corrected chi connectivity index (χ2v) is 6.06. The molecule has 0 amide bonds. The van der Waals surface area contributed by atoms with E-state index in [2.05, 4.69) is 28.9 Å². The van der Waals surface area contributed by atoms with Gasteiger partial charge >= 0.3 is 0 Å². The van der Waals surface area contributed by atoms with Gasteiger partial charge in [0.05, 0.1) is 12.6 Å². The quantitative estimate of drug-likeness (QED) is 0.882. The lowest BCUT2D eigenvalue weighted by molar-refractivity contribution is 0.0660. The summed E-state index contributed by atoms with van der Waals surface area (Å²) in [6, 6.07) is 0. The highest BCUT2D eigenvalue weighted by Gasteiger charge is 2.23. The summed E-state index contributed by atoms with van der Waals surface area (Å²) >= 11 is 0. The van der Waals surface area contributed by atoms with Crippen LogP contribution in [0.5, 0.6) is 0 Å². The van der Waals surface area contributed by atoms with Crippen molar-refractivity contribution in [3.8, 4) is 0 Å². The number of hydrogen-bond donors (Lipinski definition) is 1. The summed E-state index contributed by atoms with van der Waals surface area (Å²) in [4.78, 5) is 6.75. The normalized spacial score (nSPS) is 20.1. The Bertz CT molecular complexity index is 382. The molecule has 0 saturated carbocycles. The summed E-state index contributed by atoms with van der Waals surface area (Å²) in [5.41, 5.74) is 0. The molecule has 1 saturated heterocycles. The molecule has 1 atom stereocenters.